The van der Waals surface area contributed by atoms with Gasteiger partial charge < -0.3 is 15.0 Å². The van der Waals surface area contributed by atoms with Crippen LogP contribution in [0.25, 0.3) is 0 Å². The molecule has 3 saturated heterocycles. The first-order chi connectivity index (χ1) is 16.9. The minimum absolute atomic E-state index is 0.0335. The minimum atomic E-state index is -0.326. The molecule has 7 heteroatoms. The average Bonchev–Trinajstić information content (AvgIpc) is 3.21. The molecule has 2 amide bonds. The van der Waals surface area contributed by atoms with Gasteiger partial charge in [0, 0.05) is 36.8 Å². The number of amides is 2. The maximum absolute atomic E-state index is 13.2. The summed E-state index contributed by atoms with van der Waals surface area (Å²) in [4.78, 5) is 32.5. The maximum atomic E-state index is 13.2. The molecular formula is C28H30N4O3. The molecule has 8 rings (SSSR count). The number of fused-ring (bicyclic) bond motifs is 1. The Labute approximate surface area is 205 Å². The number of piperidine rings is 1. The Kier molecular flexibility index (Phi) is 3.53. The van der Waals surface area contributed by atoms with Crippen molar-refractivity contribution in [1.82, 2.24) is 9.80 Å². The summed E-state index contributed by atoms with van der Waals surface area (Å²) in [6.45, 7) is 7.61. The number of carbonyl (C=O) groups excluding carboxylic acids is 2. The summed E-state index contributed by atoms with van der Waals surface area (Å²) in [5.74, 6) is 0.118. The van der Waals surface area contributed by atoms with E-state index in [0.717, 1.165) is 43.7 Å². The SMILES string of the molecule is CC(=O)N1CC[C@@]23c4ccccc4N[C@H]4N(C=O)c5cccc6c5[C@@]42CCN([C@@H]13)[C@@H]6[C@@H]1OC1(C)C. The molecule has 7 atom stereocenters. The summed E-state index contributed by atoms with van der Waals surface area (Å²) in [7, 11) is 0. The van der Waals surface area contributed by atoms with Gasteiger partial charge in [-0.2, -0.15) is 0 Å². The molecule has 6 heterocycles. The second kappa shape index (κ2) is 6.08. The lowest BCUT2D eigenvalue weighted by Crippen LogP contribution is -2.73. The predicted octanol–water partition coefficient (Wildman–Crippen LogP) is 3.11. The third-order valence-corrected chi connectivity index (χ3v) is 10.1. The zero-order valence-corrected chi connectivity index (χ0v) is 20.3. The molecule has 1 N–H and O–H groups in total. The van der Waals surface area contributed by atoms with Gasteiger partial charge >= 0.3 is 0 Å². The van der Waals surface area contributed by atoms with E-state index in [4.69, 9.17) is 4.74 Å². The number of benzene rings is 2. The van der Waals surface area contributed by atoms with Crippen molar-refractivity contribution in [1.29, 1.82) is 0 Å². The Morgan fingerprint density at radius 3 is 2.60 bits per heavy atom. The third-order valence-electron chi connectivity index (χ3n) is 10.1. The van der Waals surface area contributed by atoms with Crippen LogP contribution in [-0.4, -0.2) is 59.2 Å². The van der Waals surface area contributed by atoms with Crippen LogP contribution < -0.4 is 10.2 Å². The van der Waals surface area contributed by atoms with Crippen LogP contribution in [0, 0.1) is 0 Å². The van der Waals surface area contributed by atoms with Gasteiger partial charge in [-0.1, -0.05) is 30.3 Å². The van der Waals surface area contributed by atoms with E-state index in [9.17, 15) is 9.59 Å². The molecule has 2 bridgehead atoms. The molecule has 1 unspecified atom stereocenters. The van der Waals surface area contributed by atoms with Crippen LogP contribution in [0.4, 0.5) is 11.4 Å². The van der Waals surface area contributed by atoms with Crippen molar-refractivity contribution < 1.29 is 14.3 Å². The number of nitrogens with zero attached hydrogens (tertiary/aromatic N) is 3. The number of hydrogen-bond acceptors (Lipinski definition) is 5. The van der Waals surface area contributed by atoms with E-state index < -0.39 is 0 Å². The fraction of sp³-hybridized carbons (Fsp3) is 0.500. The largest absolute Gasteiger partial charge is 0.365 e. The van der Waals surface area contributed by atoms with Gasteiger partial charge in [0.25, 0.3) is 0 Å². The molecule has 7 nitrogen and oxygen atoms in total. The number of nitrogens with one attached hydrogen (secondary N) is 1. The number of para-hydroxylation sites is 1. The molecule has 3 fully saturated rings. The molecule has 6 aliphatic heterocycles. The number of ether oxygens (including phenoxy) is 1. The van der Waals surface area contributed by atoms with E-state index in [2.05, 4.69) is 71.4 Å². The summed E-state index contributed by atoms with van der Waals surface area (Å²) in [6.07, 6.45) is 2.59. The van der Waals surface area contributed by atoms with Crippen molar-refractivity contribution in [3.05, 3.63) is 59.2 Å². The monoisotopic (exact) mass is 470 g/mol. The van der Waals surface area contributed by atoms with E-state index in [1.165, 1.54) is 16.7 Å². The number of anilines is 2. The van der Waals surface area contributed by atoms with Gasteiger partial charge in [0.1, 0.15) is 12.3 Å². The summed E-state index contributed by atoms with van der Waals surface area (Å²) < 4.78 is 6.33. The van der Waals surface area contributed by atoms with Gasteiger partial charge in [0.15, 0.2) is 0 Å². The van der Waals surface area contributed by atoms with Gasteiger partial charge in [-0.05, 0) is 55.5 Å². The lowest BCUT2D eigenvalue weighted by Gasteiger charge is -2.62. The van der Waals surface area contributed by atoms with Gasteiger partial charge in [0.2, 0.25) is 12.3 Å². The molecule has 2 aromatic rings. The molecule has 0 aromatic heterocycles. The molecule has 0 saturated carbocycles. The number of likely N-dealkylation sites (tertiary alicyclic amines) is 1. The van der Waals surface area contributed by atoms with Crippen LogP contribution in [-0.2, 0) is 25.2 Å². The van der Waals surface area contributed by atoms with E-state index >= 15 is 0 Å². The van der Waals surface area contributed by atoms with Crippen LogP contribution in [0.3, 0.4) is 0 Å². The molecule has 35 heavy (non-hydrogen) atoms. The Hall–Kier alpha value is -2.90. The number of epoxide rings is 1. The second-order valence-electron chi connectivity index (χ2n) is 11.7. The average molecular weight is 471 g/mol. The summed E-state index contributed by atoms with van der Waals surface area (Å²) in [5, 5.41) is 3.81. The zero-order valence-electron chi connectivity index (χ0n) is 20.3. The first kappa shape index (κ1) is 20.3. The first-order valence-corrected chi connectivity index (χ1v) is 12.8. The summed E-state index contributed by atoms with van der Waals surface area (Å²) in [5.41, 5.74) is 5.06. The van der Waals surface area contributed by atoms with Crippen molar-refractivity contribution in [3.63, 3.8) is 0 Å². The van der Waals surface area contributed by atoms with Crippen LogP contribution in [0.5, 0.6) is 0 Å². The van der Waals surface area contributed by atoms with Crippen molar-refractivity contribution in [2.75, 3.05) is 23.3 Å². The quantitative estimate of drug-likeness (QED) is 0.540. The third kappa shape index (κ3) is 2.02. The standard InChI is InChI=1S/C28H30N4O3/c1-16(34)30-13-11-27-18-8-4-5-9-19(18)29-24-28(27)12-14-31(25(27)30)22(23-26(2,3)35-23)17-7-6-10-20(21(17)28)32(24)15-33/h4-10,15,22-25,29H,11-14H2,1-3H3/t22-,23-,24-,25+,27-,28-/m0/s1. The van der Waals surface area contributed by atoms with E-state index in [1.54, 1.807) is 6.92 Å². The van der Waals surface area contributed by atoms with Gasteiger partial charge in [-0.25, -0.2) is 0 Å². The summed E-state index contributed by atoms with van der Waals surface area (Å²) >= 11 is 0. The molecule has 6 aliphatic rings. The van der Waals surface area contributed by atoms with Crippen LogP contribution in [0.15, 0.2) is 42.5 Å². The van der Waals surface area contributed by atoms with Crippen molar-refractivity contribution in [2.24, 2.45) is 0 Å². The van der Waals surface area contributed by atoms with Crippen LogP contribution in [0.2, 0.25) is 0 Å². The predicted molar refractivity (Wildman–Crippen MR) is 131 cm³/mol. The van der Waals surface area contributed by atoms with Crippen LogP contribution in [0.1, 0.15) is 56.3 Å². The highest BCUT2D eigenvalue weighted by molar-refractivity contribution is 5.89. The number of rotatable bonds is 2. The highest BCUT2D eigenvalue weighted by atomic mass is 16.6. The topological polar surface area (TPSA) is 68.4 Å². The Morgan fingerprint density at radius 1 is 1.09 bits per heavy atom. The smallest absolute Gasteiger partial charge is 0.220 e. The fourth-order valence-corrected chi connectivity index (χ4v) is 8.97. The van der Waals surface area contributed by atoms with Gasteiger partial charge in [-0.3, -0.25) is 19.4 Å². The summed E-state index contributed by atoms with van der Waals surface area (Å²) in [6, 6.07) is 15.1. The van der Waals surface area contributed by atoms with Crippen LogP contribution >= 0.6 is 0 Å². The van der Waals surface area contributed by atoms with E-state index in [-0.39, 0.29) is 46.8 Å². The Balaban J connectivity index is 1.52. The maximum Gasteiger partial charge on any atom is 0.220 e. The van der Waals surface area contributed by atoms with Gasteiger partial charge in [0.05, 0.1) is 23.2 Å². The van der Waals surface area contributed by atoms with Gasteiger partial charge in [-0.15, -0.1) is 0 Å². The number of hydrogen-bond donors (Lipinski definition) is 1. The molecular weight excluding hydrogens is 440 g/mol. The highest BCUT2D eigenvalue weighted by Crippen LogP contribution is 2.72. The normalized spacial score (nSPS) is 40.4. The van der Waals surface area contributed by atoms with E-state index in [0.29, 0.717) is 0 Å². The van der Waals surface area contributed by atoms with Crippen molar-refractivity contribution in [2.45, 2.75) is 74.5 Å². The molecule has 180 valence electrons. The molecule has 2 spiro atoms. The first-order valence-electron chi connectivity index (χ1n) is 12.8. The van der Waals surface area contributed by atoms with E-state index in [1.807, 2.05) is 4.90 Å². The van der Waals surface area contributed by atoms with Crippen molar-refractivity contribution >= 4 is 23.7 Å². The lowest BCUT2D eigenvalue weighted by molar-refractivity contribution is -0.140. The molecule has 2 aromatic carbocycles. The minimum Gasteiger partial charge on any atom is -0.365 e. The molecule has 0 radical (unpaired) electrons. The Bertz CT molecular complexity index is 1330. The van der Waals surface area contributed by atoms with Crippen molar-refractivity contribution in [3.8, 4) is 0 Å². The zero-order chi connectivity index (χ0) is 23.9. The number of carbonyl (C=O) groups is 2. The molecule has 0 aliphatic carbocycles. The lowest BCUT2D eigenvalue weighted by atomic mass is 9.50. The fourth-order valence-electron chi connectivity index (χ4n) is 8.97. The Morgan fingerprint density at radius 2 is 1.86 bits per heavy atom. The second-order valence-corrected chi connectivity index (χ2v) is 11.7. The highest BCUT2D eigenvalue weighted by Gasteiger charge is 2.77.